The van der Waals surface area contributed by atoms with Crippen LogP contribution in [-0.2, 0) is 16.1 Å². The Balaban J connectivity index is 1.61. The molecule has 0 unspecified atom stereocenters. The lowest BCUT2D eigenvalue weighted by molar-refractivity contribution is -0.385. The van der Waals surface area contributed by atoms with Crippen molar-refractivity contribution >= 4 is 62.2 Å². The van der Waals surface area contributed by atoms with E-state index in [0.29, 0.717) is 39.3 Å². The van der Waals surface area contributed by atoms with Gasteiger partial charge in [0.2, 0.25) is 5.90 Å². The summed E-state index contributed by atoms with van der Waals surface area (Å²) in [7, 11) is 1.53. The van der Waals surface area contributed by atoms with Crippen molar-refractivity contribution in [1.82, 2.24) is 0 Å². The largest absolute Gasteiger partial charge is 0.493 e. The van der Waals surface area contributed by atoms with E-state index >= 15 is 0 Å². The van der Waals surface area contributed by atoms with Crippen LogP contribution in [-0.4, -0.2) is 23.9 Å². The summed E-state index contributed by atoms with van der Waals surface area (Å²) < 4.78 is 18.6. The maximum Gasteiger partial charge on any atom is 0.363 e. The van der Waals surface area contributed by atoms with Crippen LogP contribution in [0.2, 0.25) is 0 Å². The van der Waals surface area contributed by atoms with Crippen LogP contribution in [0.5, 0.6) is 11.5 Å². The quantitative estimate of drug-likeness (QED) is 0.0994. The highest BCUT2D eigenvalue weighted by Gasteiger charge is 2.27. The number of methoxy groups -OCH3 is 1. The highest BCUT2D eigenvalue weighted by atomic mass is 127. The first-order valence-electron chi connectivity index (χ1n) is 10.3. The molecule has 35 heavy (non-hydrogen) atoms. The van der Waals surface area contributed by atoms with Gasteiger partial charge in [-0.25, -0.2) is 9.79 Å². The molecule has 0 saturated heterocycles. The second-order valence-electron chi connectivity index (χ2n) is 7.49. The number of hydrogen-bond donors (Lipinski definition) is 0. The van der Waals surface area contributed by atoms with Crippen LogP contribution in [0.15, 0.2) is 69.8 Å². The average Bonchev–Trinajstić information content (AvgIpc) is 3.18. The van der Waals surface area contributed by atoms with Gasteiger partial charge < -0.3 is 14.2 Å². The molecule has 0 saturated carbocycles. The van der Waals surface area contributed by atoms with Gasteiger partial charge in [0.25, 0.3) is 5.69 Å². The second-order valence-corrected chi connectivity index (χ2v) is 9.59. The summed E-state index contributed by atoms with van der Waals surface area (Å²) in [5.41, 5.74) is 2.37. The molecule has 178 valence electrons. The first-order chi connectivity index (χ1) is 16.8. The van der Waals surface area contributed by atoms with Crippen molar-refractivity contribution in [2.24, 2.45) is 4.99 Å². The van der Waals surface area contributed by atoms with Gasteiger partial charge >= 0.3 is 5.97 Å². The Bertz CT molecular complexity index is 1390. The molecule has 0 fully saturated rings. The van der Waals surface area contributed by atoms with E-state index in [9.17, 15) is 14.9 Å². The molecule has 1 aliphatic heterocycles. The normalized spacial score (nSPS) is 14.0. The number of ether oxygens (including phenoxy) is 3. The molecule has 0 N–H and O–H groups in total. The molecular formula is C25H18BrIN2O6. The molecule has 0 radical (unpaired) electrons. The van der Waals surface area contributed by atoms with E-state index in [1.54, 1.807) is 31.2 Å². The molecular weight excluding hydrogens is 631 g/mol. The van der Waals surface area contributed by atoms with Crippen LogP contribution in [0, 0.1) is 20.6 Å². The molecule has 0 amide bonds. The zero-order chi connectivity index (χ0) is 25.1. The molecule has 10 heteroatoms. The zero-order valence-corrected chi connectivity index (χ0v) is 22.3. The van der Waals surface area contributed by atoms with E-state index in [1.807, 2.05) is 24.3 Å². The summed E-state index contributed by atoms with van der Waals surface area (Å²) in [6, 6.07) is 16.0. The van der Waals surface area contributed by atoms with Crippen molar-refractivity contribution in [2.45, 2.75) is 13.5 Å². The monoisotopic (exact) mass is 648 g/mol. The Kier molecular flexibility index (Phi) is 7.51. The lowest BCUT2D eigenvalue weighted by Gasteiger charge is -2.14. The van der Waals surface area contributed by atoms with Crippen LogP contribution in [0.1, 0.15) is 22.3 Å². The standard InChI is InChI=1S/C25H18BrIN2O6/c1-14-18(4-3-5-21(14)29(31)32)24-28-20(25(30)35-24)11-16-10-19(26)23(22(12-16)33-2)34-13-15-6-8-17(27)9-7-15/h3-12H,13H2,1-2H3/b20-11-. The Morgan fingerprint density at radius 1 is 1.20 bits per heavy atom. The van der Waals surface area contributed by atoms with E-state index in [4.69, 9.17) is 14.2 Å². The van der Waals surface area contributed by atoms with Gasteiger partial charge in [-0.1, -0.05) is 18.2 Å². The fraction of sp³-hybridized carbons (Fsp3) is 0.120. The summed E-state index contributed by atoms with van der Waals surface area (Å²) in [4.78, 5) is 27.5. The first kappa shape index (κ1) is 24.9. The van der Waals surface area contributed by atoms with Crippen molar-refractivity contribution in [2.75, 3.05) is 7.11 Å². The van der Waals surface area contributed by atoms with Crippen molar-refractivity contribution in [3.8, 4) is 11.5 Å². The van der Waals surface area contributed by atoms with Crippen LogP contribution in [0.25, 0.3) is 6.08 Å². The molecule has 4 rings (SSSR count). The third-order valence-electron chi connectivity index (χ3n) is 5.20. The third-order valence-corrected chi connectivity index (χ3v) is 6.51. The average molecular weight is 649 g/mol. The van der Waals surface area contributed by atoms with Crippen LogP contribution in [0.4, 0.5) is 5.69 Å². The molecule has 0 atom stereocenters. The maximum absolute atomic E-state index is 12.5. The van der Waals surface area contributed by atoms with E-state index in [1.165, 1.54) is 19.2 Å². The molecule has 0 spiro atoms. The number of rotatable bonds is 7. The number of cyclic esters (lactones) is 1. The summed E-state index contributed by atoms with van der Waals surface area (Å²) in [6.07, 6.45) is 1.55. The molecule has 0 aliphatic carbocycles. The molecule has 3 aromatic carbocycles. The van der Waals surface area contributed by atoms with Crippen molar-refractivity contribution < 1.29 is 23.9 Å². The Hall–Kier alpha value is -3.25. The Labute approximate surface area is 223 Å². The van der Waals surface area contributed by atoms with E-state index < -0.39 is 10.9 Å². The number of halogens is 2. The highest BCUT2D eigenvalue weighted by Crippen LogP contribution is 2.38. The summed E-state index contributed by atoms with van der Waals surface area (Å²) in [6.45, 7) is 1.94. The topological polar surface area (TPSA) is 100 Å². The Morgan fingerprint density at radius 2 is 1.94 bits per heavy atom. The predicted octanol–water partition coefficient (Wildman–Crippen LogP) is 6.20. The van der Waals surface area contributed by atoms with Gasteiger partial charge in [-0.15, -0.1) is 0 Å². The summed E-state index contributed by atoms with van der Waals surface area (Å²) in [5.74, 6) is 0.367. The molecule has 3 aromatic rings. The van der Waals surface area contributed by atoms with Crippen molar-refractivity contribution in [1.29, 1.82) is 0 Å². The maximum atomic E-state index is 12.5. The van der Waals surface area contributed by atoms with Gasteiger partial charge in [-0.2, -0.15) is 0 Å². The lowest BCUT2D eigenvalue weighted by Crippen LogP contribution is -2.08. The fourth-order valence-corrected chi connectivity index (χ4v) is 4.37. The molecule has 0 aromatic heterocycles. The van der Waals surface area contributed by atoms with Crippen molar-refractivity contribution in [3.05, 3.63) is 101 Å². The molecule has 8 nitrogen and oxygen atoms in total. The summed E-state index contributed by atoms with van der Waals surface area (Å²) in [5, 5.41) is 11.2. The zero-order valence-electron chi connectivity index (χ0n) is 18.6. The van der Waals surface area contributed by atoms with Gasteiger partial charge in [-0.3, -0.25) is 10.1 Å². The van der Waals surface area contributed by atoms with Crippen LogP contribution < -0.4 is 9.47 Å². The number of carbonyl (C=O) groups is 1. The number of benzene rings is 3. The fourth-order valence-electron chi connectivity index (χ4n) is 3.43. The third kappa shape index (κ3) is 5.54. The minimum atomic E-state index is -0.653. The number of carbonyl (C=O) groups excluding carboxylic acids is 1. The Morgan fingerprint density at radius 3 is 2.63 bits per heavy atom. The number of nitro groups is 1. The van der Waals surface area contributed by atoms with Gasteiger partial charge in [-0.05, 0) is 93.0 Å². The molecule has 1 heterocycles. The first-order valence-corrected chi connectivity index (χ1v) is 12.2. The van der Waals surface area contributed by atoms with Gasteiger partial charge in [0.05, 0.1) is 16.5 Å². The van der Waals surface area contributed by atoms with E-state index in [2.05, 4.69) is 43.5 Å². The predicted molar refractivity (Wildman–Crippen MR) is 143 cm³/mol. The van der Waals surface area contributed by atoms with Gasteiger partial charge in [0.1, 0.15) is 6.61 Å². The molecule has 0 bridgehead atoms. The minimum absolute atomic E-state index is 0.0194. The van der Waals surface area contributed by atoms with Gasteiger partial charge in [0.15, 0.2) is 17.2 Å². The van der Waals surface area contributed by atoms with Gasteiger partial charge in [0, 0.05) is 20.8 Å². The lowest BCUT2D eigenvalue weighted by atomic mass is 10.1. The number of hydrogen-bond acceptors (Lipinski definition) is 7. The van der Waals surface area contributed by atoms with Crippen LogP contribution >= 0.6 is 38.5 Å². The number of aliphatic imine (C=N–C) groups is 1. The molecule has 1 aliphatic rings. The number of nitro benzene ring substituents is 1. The van der Waals surface area contributed by atoms with Crippen molar-refractivity contribution in [3.63, 3.8) is 0 Å². The summed E-state index contributed by atoms with van der Waals surface area (Å²) >= 11 is 5.76. The minimum Gasteiger partial charge on any atom is -0.493 e. The van der Waals surface area contributed by atoms with Crippen LogP contribution in [0.3, 0.4) is 0 Å². The van der Waals surface area contributed by atoms with E-state index in [-0.39, 0.29) is 17.3 Å². The SMILES string of the molecule is COc1cc(/C=C2\N=C(c3cccc([N+](=O)[O-])c3C)OC2=O)cc(Br)c1OCc1ccc(I)cc1. The smallest absolute Gasteiger partial charge is 0.363 e. The number of nitrogens with zero attached hydrogens (tertiary/aromatic N) is 2. The highest BCUT2D eigenvalue weighted by molar-refractivity contribution is 14.1. The second kappa shape index (κ2) is 10.6. The number of esters is 1. The van der Waals surface area contributed by atoms with E-state index in [0.717, 1.165) is 9.13 Å².